The average Bonchev–Trinajstić information content (AvgIpc) is 3.52. The summed E-state index contributed by atoms with van der Waals surface area (Å²) in [5.74, 6) is -0.450. The molecule has 1 aliphatic heterocycles. The number of halogens is 1. The second-order valence-corrected chi connectivity index (χ2v) is 10.4. The molecule has 3 heterocycles. The minimum atomic E-state index is -1.13. The molecule has 178 valence electrons. The number of carbonyl (C=O) groups is 2. The Kier molecular flexibility index (Phi) is 6.21. The Hall–Kier alpha value is -3.42. The SMILES string of the molecule is Cc1ccc(CNC(=O)C2(C)Cn3nc(-c4cccs4)cc3C(=O)N2Cc2ccc(Cl)cc2)cc1. The molecule has 0 aliphatic carbocycles. The van der Waals surface area contributed by atoms with Gasteiger partial charge in [-0.05, 0) is 54.6 Å². The van der Waals surface area contributed by atoms with E-state index in [0.29, 0.717) is 17.3 Å². The van der Waals surface area contributed by atoms with Crippen LogP contribution in [-0.2, 0) is 24.4 Å². The van der Waals surface area contributed by atoms with Crippen molar-refractivity contribution in [2.24, 2.45) is 0 Å². The minimum absolute atomic E-state index is 0.223. The molecule has 0 saturated heterocycles. The number of rotatable bonds is 6. The first-order chi connectivity index (χ1) is 16.8. The van der Waals surface area contributed by atoms with Crippen molar-refractivity contribution >= 4 is 34.8 Å². The number of benzene rings is 2. The van der Waals surface area contributed by atoms with Crippen LogP contribution < -0.4 is 5.32 Å². The predicted molar refractivity (Wildman–Crippen MR) is 138 cm³/mol. The number of amides is 2. The molecular formula is C27H25ClN4O2S. The number of carbonyl (C=O) groups excluding carboxylic acids is 2. The summed E-state index contributed by atoms with van der Waals surface area (Å²) in [7, 11) is 0. The Morgan fingerprint density at radius 1 is 1.11 bits per heavy atom. The van der Waals surface area contributed by atoms with Crippen molar-refractivity contribution in [3.8, 4) is 10.6 Å². The average molecular weight is 505 g/mol. The molecule has 5 rings (SSSR count). The maximum atomic E-state index is 13.8. The van der Waals surface area contributed by atoms with Gasteiger partial charge in [-0.15, -0.1) is 11.3 Å². The first kappa shape index (κ1) is 23.3. The number of nitrogens with one attached hydrogen (secondary N) is 1. The fraction of sp³-hybridized carbons (Fsp3) is 0.222. The Morgan fingerprint density at radius 2 is 1.83 bits per heavy atom. The maximum Gasteiger partial charge on any atom is 0.273 e. The van der Waals surface area contributed by atoms with E-state index < -0.39 is 5.54 Å². The minimum Gasteiger partial charge on any atom is -0.350 e. The number of nitrogens with zero attached hydrogens (tertiary/aromatic N) is 3. The quantitative estimate of drug-likeness (QED) is 0.387. The molecule has 6 nitrogen and oxygen atoms in total. The van der Waals surface area contributed by atoms with Gasteiger partial charge in [0.2, 0.25) is 5.91 Å². The zero-order valence-corrected chi connectivity index (χ0v) is 21.1. The van der Waals surface area contributed by atoms with Gasteiger partial charge >= 0.3 is 0 Å². The van der Waals surface area contributed by atoms with Crippen molar-refractivity contribution in [3.63, 3.8) is 0 Å². The van der Waals surface area contributed by atoms with Crippen LogP contribution in [0.3, 0.4) is 0 Å². The van der Waals surface area contributed by atoms with Crippen LogP contribution >= 0.6 is 22.9 Å². The summed E-state index contributed by atoms with van der Waals surface area (Å²) in [4.78, 5) is 30.0. The maximum absolute atomic E-state index is 13.8. The molecule has 35 heavy (non-hydrogen) atoms. The van der Waals surface area contributed by atoms with Crippen molar-refractivity contribution in [2.75, 3.05) is 0 Å². The van der Waals surface area contributed by atoms with Gasteiger partial charge in [-0.2, -0.15) is 5.10 Å². The molecule has 2 amide bonds. The molecule has 2 aromatic carbocycles. The van der Waals surface area contributed by atoms with Crippen molar-refractivity contribution in [3.05, 3.63) is 99.5 Å². The fourth-order valence-corrected chi connectivity index (χ4v) is 5.09. The smallest absolute Gasteiger partial charge is 0.273 e. The third kappa shape index (κ3) is 4.61. The van der Waals surface area contributed by atoms with Crippen LogP contribution in [0.15, 0.2) is 72.1 Å². The number of hydrogen-bond acceptors (Lipinski definition) is 4. The van der Waals surface area contributed by atoms with Gasteiger partial charge in [0.25, 0.3) is 5.91 Å². The third-order valence-corrected chi connectivity index (χ3v) is 7.53. The molecule has 1 unspecified atom stereocenters. The molecule has 0 bridgehead atoms. The highest BCUT2D eigenvalue weighted by atomic mass is 35.5. The summed E-state index contributed by atoms with van der Waals surface area (Å²) in [6, 6.07) is 21.1. The third-order valence-electron chi connectivity index (χ3n) is 6.39. The van der Waals surface area contributed by atoms with E-state index in [2.05, 4.69) is 10.4 Å². The van der Waals surface area contributed by atoms with Gasteiger partial charge < -0.3 is 10.2 Å². The van der Waals surface area contributed by atoms with Gasteiger partial charge in [-0.3, -0.25) is 14.3 Å². The Bertz CT molecular complexity index is 1360. The first-order valence-electron chi connectivity index (χ1n) is 11.4. The number of aromatic nitrogens is 2. The topological polar surface area (TPSA) is 67.2 Å². The summed E-state index contributed by atoms with van der Waals surface area (Å²) in [5, 5.41) is 10.3. The Balaban J connectivity index is 1.47. The van der Waals surface area contributed by atoms with E-state index in [1.807, 2.05) is 66.9 Å². The zero-order chi connectivity index (χ0) is 24.6. The second kappa shape index (κ2) is 9.32. The molecule has 1 aliphatic rings. The van der Waals surface area contributed by atoms with Gasteiger partial charge in [0, 0.05) is 18.1 Å². The molecule has 4 aromatic rings. The van der Waals surface area contributed by atoms with E-state index in [4.69, 9.17) is 11.6 Å². The summed E-state index contributed by atoms with van der Waals surface area (Å²) in [6.45, 7) is 4.75. The predicted octanol–water partition coefficient (Wildman–Crippen LogP) is 5.30. The molecule has 0 spiro atoms. The Morgan fingerprint density at radius 3 is 2.51 bits per heavy atom. The fourth-order valence-electron chi connectivity index (χ4n) is 4.29. The van der Waals surface area contributed by atoms with Gasteiger partial charge in [-0.1, -0.05) is 59.6 Å². The van der Waals surface area contributed by atoms with Gasteiger partial charge in [0.15, 0.2) is 0 Å². The van der Waals surface area contributed by atoms with Crippen LogP contribution in [0.4, 0.5) is 0 Å². The van der Waals surface area contributed by atoms with Gasteiger partial charge in [0.05, 0.1) is 11.4 Å². The van der Waals surface area contributed by atoms with Crippen LogP contribution in [0.5, 0.6) is 0 Å². The van der Waals surface area contributed by atoms with Crippen molar-refractivity contribution in [1.29, 1.82) is 0 Å². The van der Waals surface area contributed by atoms with Crippen LogP contribution in [0.25, 0.3) is 10.6 Å². The lowest BCUT2D eigenvalue weighted by Gasteiger charge is -2.43. The van der Waals surface area contributed by atoms with Crippen LogP contribution in [0.2, 0.25) is 5.02 Å². The molecule has 0 fully saturated rings. The van der Waals surface area contributed by atoms with Crippen LogP contribution in [-0.4, -0.2) is 32.0 Å². The molecular weight excluding hydrogens is 480 g/mol. The summed E-state index contributed by atoms with van der Waals surface area (Å²) < 4.78 is 1.67. The molecule has 1 N–H and O–H groups in total. The molecule has 2 aromatic heterocycles. The summed E-state index contributed by atoms with van der Waals surface area (Å²) >= 11 is 7.63. The molecule has 0 saturated carbocycles. The van der Waals surface area contributed by atoms with E-state index in [-0.39, 0.29) is 24.9 Å². The first-order valence-corrected chi connectivity index (χ1v) is 12.6. The standard InChI is InChI=1S/C27H25ClN4O2S/c1-18-5-7-19(8-6-18)15-29-26(34)27(2)17-32-23(14-22(30-32)24-4-3-13-35-24)25(33)31(27)16-20-9-11-21(28)12-10-20/h3-14H,15-17H2,1-2H3,(H,29,34). The van der Waals surface area contributed by atoms with E-state index >= 15 is 0 Å². The molecule has 0 radical (unpaired) electrons. The van der Waals surface area contributed by atoms with Gasteiger partial charge in [-0.25, -0.2) is 0 Å². The highest BCUT2D eigenvalue weighted by Gasteiger charge is 2.48. The van der Waals surface area contributed by atoms with Crippen molar-refractivity contribution in [2.45, 2.75) is 39.0 Å². The van der Waals surface area contributed by atoms with Crippen molar-refractivity contribution in [1.82, 2.24) is 20.0 Å². The lowest BCUT2D eigenvalue weighted by molar-refractivity contribution is -0.133. The second-order valence-electron chi connectivity index (χ2n) is 9.01. The summed E-state index contributed by atoms with van der Waals surface area (Å²) in [5.41, 5.74) is 3.13. The number of aryl methyl sites for hydroxylation is 1. The van der Waals surface area contributed by atoms with E-state index in [9.17, 15) is 9.59 Å². The molecule has 1 atom stereocenters. The largest absolute Gasteiger partial charge is 0.350 e. The Labute approximate surface area is 213 Å². The monoisotopic (exact) mass is 504 g/mol. The lowest BCUT2D eigenvalue weighted by atomic mass is 9.94. The summed E-state index contributed by atoms with van der Waals surface area (Å²) in [6.07, 6.45) is 0. The number of fused-ring (bicyclic) bond motifs is 1. The number of hydrogen-bond donors (Lipinski definition) is 1. The highest BCUT2D eigenvalue weighted by molar-refractivity contribution is 7.13. The van der Waals surface area contributed by atoms with Gasteiger partial charge in [0.1, 0.15) is 16.9 Å². The van der Waals surface area contributed by atoms with E-state index in [1.165, 1.54) is 0 Å². The van der Waals surface area contributed by atoms with E-state index in [1.54, 1.807) is 40.0 Å². The highest BCUT2D eigenvalue weighted by Crippen LogP contribution is 2.32. The lowest BCUT2D eigenvalue weighted by Crippen LogP contribution is -2.63. The normalized spacial score (nSPS) is 17.3. The number of thiophene rings is 1. The molecule has 8 heteroatoms. The zero-order valence-electron chi connectivity index (χ0n) is 19.5. The van der Waals surface area contributed by atoms with E-state index in [0.717, 1.165) is 27.3 Å². The van der Waals surface area contributed by atoms with Crippen molar-refractivity contribution < 1.29 is 9.59 Å². The van der Waals surface area contributed by atoms with Crippen LogP contribution in [0.1, 0.15) is 34.1 Å². The van der Waals surface area contributed by atoms with Crippen LogP contribution in [0, 0.1) is 6.92 Å².